The molecule has 1 atom stereocenters. The van der Waals surface area contributed by atoms with Crippen molar-refractivity contribution in [1.29, 1.82) is 0 Å². The van der Waals surface area contributed by atoms with E-state index in [0.29, 0.717) is 0 Å². The number of benzene rings is 1. The smallest absolute Gasteiger partial charge is 0.229 e. The van der Waals surface area contributed by atoms with Crippen LogP contribution in [0.3, 0.4) is 0 Å². The number of likely N-dealkylation sites (tertiary alicyclic amines) is 1. The Morgan fingerprint density at radius 3 is 2.67 bits per heavy atom. The molecule has 0 aliphatic carbocycles. The van der Waals surface area contributed by atoms with E-state index in [-0.39, 0.29) is 11.8 Å². The second-order valence-electron chi connectivity index (χ2n) is 3.95. The monoisotopic (exact) mass is 201 g/mol. The molecule has 0 N–H and O–H groups in total. The van der Waals surface area contributed by atoms with Crippen LogP contribution in [0.5, 0.6) is 0 Å². The molecule has 1 fully saturated rings. The molecular formula is C13H15NO. The molecule has 0 saturated carbocycles. The molecule has 0 radical (unpaired) electrons. The Balaban J connectivity index is 2.04. The van der Waals surface area contributed by atoms with Crippen molar-refractivity contribution in [2.75, 3.05) is 6.54 Å². The third kappa shape index (κ3) is 2.27. The largest absolute Gasteiger partial charge is 0.319 e. The highest BCUT2D eigenvalue weighted by atomic mass is 16.2. The Morgan fingerprint density at radius 2 is 2.07 bits per heavy atom. The van der Waals surface area contributed by atoms with Gasteiger partial charge >= 0.3 is 0 Å². The maximum Gasteiger partial charge on any atom is 0.229 e. The number of carbonyl (C=O) groups excluding carboxylic acids is 1. The summed E-state index contributed by atoms with van der Waals surface area (Å²) in [5.41, 5.74) is 1.13. The summed E-state index contributed by atoms with van der Waals surface area (Å²) in [4.78, 5) is 13.4. The van der Waals surface area contributed by atoms with Gasteiger partial charge in [-0.15, -0.1) is 0 Å². The number of rotatable bonds is 2. The van der Waals surface area contributed by atoms with Crippen molar-refractivity contribution < 1.29 is 4.79 Å². The molecule has 1 aliphatic rings. The summed E-state index contributed by atoms with van der Waals surface area (Å²) < 4.78 is 0. The minimum atomic E-state index is 0.186. The highest BCUT2D eigenvalue weighted by molar-refractivity contribution is 5.82. The van der Waals surface area contributed by atoms with E-state index in [2.05, 4.69) is 0 Å². The van der Waals surface area contributed by atoms with Crippen LogP contribution in [0.15, 0.2) is 36.5 Å². The van der Waals surface area contributed by atoms with Gasteiger partial charge in [0.1, 0.15) is 0 Å². The molecule has 1 aromatic rings. The summed E-state index contributed by atoms with van der Waals surface area (Å²) in [6.07, 6.45) is 4.84. The zero-order valence-corrected chi connectivity index (χ0v) is 8.89. The molecule has 1 aliphatic heterocycles. The predicted octanol–water partition coefficient (Wildman–Crippen LogP) is 2.53. The minimum absolute atomic E-state index is 0.186. The minimum Gasteiger partial charge on any atom is -0.319 e. The second-order valence-corrected chi connectivity index (χ2v) is 3.95. The summed E-state index contributed by atoms with van der Waals surface area (Å²) in [5.74, 6) is 0.424. The molecule has 2 rings (SSSR count). The van der Waals surface area contributed by atoms with Crippen molar-refractivity contribution in [3.8, 4) is 0 Å². The fraction of sp³-hybridized carbons (Fsp3) is 0.308. The summed E-state index contributed by atoms with van der Waals surface area (Å²) in [6, 6.07) is 10.0. The van der Waals surface area contributed by atoms with Crippen LogP contribution in [-0.2, 0) is 4.79 Å². The van der Waals surface area contributed by atoms with Crippen molar-refractivity contribution in [3.63, 3.8) is 0 Å². The van der Waals surface area contributed by atoms with Crippen molar-refractivity contribution in [1.82, 2.24) is 4.90 Å². The molecule has 0 bridgehead atoms. The van der Waals surface area contributed by atoms with Crippen molar-refractivity contribution in [3.05, 3.63) is 42.1 Å². The van der Waals surface area contributed by atoms with Gasteiger partial charge in [0.05, 0.1) is 0 Å². The number of nitrogens with zero attached hydrogens (tertiary/aromatic N) is 1. The van der Waals surface area contributed by atoms with E-state index >= 15 is 0 Å². The van der Waals surface area contributed by atoms with Gasteiger partial charge in [0.15, 0.2) is 0 Å². The lowest BCUT2D eigenvalue weighted by atomic mass is 10.1. The van der Waals surface area contributed by atoms with E-state index in [0.717, 1.165) is 18.5 Å². The first-order chi connectivity index (χ1) is 7.27. The number of carbonyl (C=O) groups is 1. The van der Waals surface area contributed by atoms with Gasteiger partial charge in [-0.3, -0.25) is 4.79 Å². The van der Waals surface area contributed by atoms with Gasteiger partial charge in [-0.1, -0.05) is 37.3 Å². The molecule has 2 heteroatoms. The molecule has 1 amide bonds. The second kappa shape index (κ2) is 4.30. The van der Waals surface area contributed by atoms with E-state index in [4.69, 9.17) is 0 Å². The first-order valence-electron chi connectivity index (χ1n) is 5.31. The van der Waals surface area contributed by atoms with Gasteiger partial charge in [0.2, 0.25) is 5.91 Å². The third-order valence-corrected chi connectivity index (χ3v) is 2.75. The predicted molar refractivity (Wildman–Crippen MR) is 61.0 cm³/mol. The average molecular weight is 201 g/mol. The maximum atomic E-state index is 11.6. The van der Waals surface area contributed by atoms with E-state index in [1.807, 2.05) is 49.5 Å². The van der Waals surface area contributed by atoms with Crippen LogP contribution in [0.2, 0.25) is 0 Å². The zero-order valence-electron chi connectivity index (χ0n) is 8.89. The molecule has 0 aromatic heterocycles. The molecule has 1 heterocycles. The number of hydrogen-bond acceptors (Lipinski definition) is 1. The Hall–Kier alpha value is -1.57. The van der Waals surface area contributed by atoms with E-state index < -0.39 is 0 Å². The number of amides is 1. The first kappa shape index (κ1) is 9.97. The Kier molecular flexibility index (Phi) is 2.86. The highest BCUT2D eigenvalue weighted by Gasteiger charge is 2.25. The lowest BCUT2D eigenvalue weighted by Gasteiger charge is -2.09. The summed E-state index contributed by atoms with van der Waals surface area (Å²) >= 11 is 0. The third-order valence-electron chi connectivity index (χ3n) is 2.75. The fourth-order valence-electron chi connectivity index (χ4n) is 1.74. The lowest BCUT2D eigenvalue weighted by Crippen LogP contribution is -2.20. The first-order valence-corrected chi connectivity index (χ1v) is 5.31. The highest BCUT2D eigenvalue weighted by Crippen LogP contribution is 2.17. The van der Waals surface area contributed by atoms with Crippen molar-refractivity contribution >= 4 is 12.0 Å². The van der Waals surface area contributed by atoms with Gasteiger partial charge in [-0.25, -0.2) is 0 Å². The van der Waals surface area contributed by atoms with Crippen molar-refractivity contribution in [2.24, 2.45) is 5.92 Å². The molecular weight excluding hydrogens is 186 g/mol. The van der Waals surface area contributed by atoms with Gasteiger partial charge in [-0.2, -0.15) is 0 Å². The Labute approximate surface area is 90.2 Å². The van der Waals surface area contributed by atoms with Crippen LogP contribution >= 0.6 is 0 Å². The number of hydrogen-bond donors (Lipinski definition) is 0. The molecule has 1 saturated heterocycles. The molecule has 15 heavy (non-hydrogen) atoms. The van der Waals surface area contributed by atoms with E-state index in [9.17, 15) is 4.79 Å². The van der Waals surface area contributed by atoms with Crippen LogP contribution in [0.25, 0.3) is 6.08 Å². The topological polar surface area (TPSA) is 20.3 Å². The molecule has 0 spiro atoms. The summed E-state index contributed by atoms with van der Waals surface area (Å²) in [5, 5.41) is 0. The molecule has 1 aromatic carbocycles. The SMILES string of the molecule is CC1CCN(C=Cc2ccccc2)C1=O. The van der Waals surface area contributed by atoms with Crippen LogP contribution in [0.4, 0.5) is 0 Å². The van der Waals surface area contributed by atoms with Gasteiger partial charge in [-0.05, 0) is 18.1 Å². The molecule has 78 valence electrons. The maximum absolute atomic E-state index is 11.6. The quantitative estimate of drug-likeness (QED) is 0.720. The zero-order chi connectivity index (χ0) is 10.7. The Bertz CT molecular complexity index is 369. The molecule has 1 unspecified atom stereocenters. The molecule has 2 nitrogen and oxygen atoms in total. The summed E-state index contributed by atoms with van der Waals surface area (Å²) in [6.45, 7) is 2.84. The normalized spacial score (nSPS) is 21.5. The van der Waals surface area contributed by atoms with Gasteiger partial charge in [0, 0.05) is 18.7 Å². The van der Waals surface area contributed by atoms with Crippen molar-refractivity contribution in [2.45, 2.75) is 13.3 Å². The lowest BCUT2D eigenvalue weighted by molar-refractivity contribution is -0.128. The van der Waals surface area contributed by atoms with E-state index in [1.54, 1.807) is 4.90 Å². The average Bonchev–Trinajstić information content (AvgIpc) is 2.59. The Morgan fingerprint density at radius 1 is 1.33 bits per heavy atom. The standard InChI is InChI=1S/C13H15NO/c1-11-7-9-14(13(11)15)10-8-12-5-3-2-4-6-12/h2-6,8,10-11H,7,9H2,1H3. The van der Waals surface area contributed by atoms with Crippen LogP contribution in [0.1, 0.15) is 18.9 Å². The van der Waals surface area contributed by atoms with Gasteiger partial charge in [0.25, 0.3) is 0 Å². The van der Waals surface area contributed by atoms with Crippen LogP contribution in [-0.4, -0.2) is 17.4 Å². The van der Waals surface area contributed by atoms with E-state index in [1.165, 1.54) is 0 Å². The fourth-order valence-corrected chi connectivity index (χ4v) is 1.74. The van der Waals surface area contributed by atoms with Crippen LogP contribution < -0.4 is 0 Å². The summed E-state index contributed by atoms with van der Waals surface area (Å²) in [7, 11) is 0. The van der Waals surface area contributed by atoms with Crippen LogP contribution in [0, 0.1) is 5.92 Å². The van der Waals surface area contributed by atoms with Gasteiger partial charge < -0.3 is 4.90 Å².